The number of pyridine rings is 1. The number of aromatic nitrogens is 1. The van der Waals surface area contributed by atoms with E-state index in [0.29, 0.717) is 23.6 Å². The van der Waals surface area contributed by atoms with Crippen molar-refractivity contribution >= 4 is 35.4 Å². The van der Waals surface area contributed by atoms with Crippen LogP contribution in [0.15, 0.2) is 53.4 Å². The Morgan fingerprint density at radius 3 is 2.53 bits per heavy atom. The molecule has 2 unspecified atom stereocenters. The molecule has 2 aromatic rings. The summed E-state index contributed by atoms with van der Waals surface area (Å²) in [5.41, 5.74) is 3.81. The number of aliphatic imine (C=N–C) groups is 1. The Bertz CT molecular complexity index is 1060. The van der Waals surface area contributed by atoms with Gasteiger partial charge in [0.1, 0.15) is 5.75 Å². The molecule has 2 atom stereocenters. The molecule has 210 valence electrons. The van der Waals surface area contributed by atoms with Gasteiger partial charge in [-0.1, -0.05) is 48.0 Å². The van der Waals surface area contributed by atoms with Crippen LogP contribution >= 0.6 is 0 Å². The van der Waals surface area contributed by atoms with Crippen molar-refractivity contribution in [3.8, 4) is 5.75 Å². The normalized spacial score (nSPS) is 19.6. The minimum absolute atomic E-state index is 0.123. The second kappa shape index (κ2) is 15.6. The average molecular weight is 634 g/mol. The van der Waals surface area contributed by atoms with E-state index in [0.717, 1.165) is 42.0 Å². The summed E-state index contributed by atoms with van der Waals surface area (Å²) in [6, 6.07) is 7.78. The predicted molar refractivity (Wildman–Crippen MR) is 162 cm³/mol. The van der Waals surface area contributed by atoms with Gasteiger partial charge in [-0.05, 0) is 17.5 Å². The summed E-state index contributed by atoms with van der Waals surface area (Å²) in [4.78, 5) is 10.9. The number of benzene rings is 1. The quantitative estimate of drug-likeness (QED) is 0.260. The molecule has 38 heavy (non-hydrogen) atoms. The van der Waals surface area contributed by atoms with Gasteiger partial charge in [-0.15, -0.1) is 0 Å². The van der Waals surface area contributed by atoms with Gasteiger partial charge in [0, 0.05) is 6.20 Å². The summed E-state index contributed by atoms with van der Waals surface area (Å²) in [5, 5.41) is 3.25. The molecule has 1 saturated carbocycles. The third kappa shape index (κ3) is 10.7. The molecule has 4 rings (SSSR count). The van der Waals surface area contributed by atoms with Crippen LogP contribution in [0.25, 0.3) is 0 Å². The summed E-state index contributed by atoms with van der Waals surface area (Å²) in [6.07, 6.45) is 9.92. The van der Waals surface area contributed by atoms with Gasteiger partial charge in [0.25, 0.3) is 0 Å². The van der Waals surface area contributed by atoms with E-state index in [1.165, 1.54) is 9.93 Å². The molecule has 2 heterocycles. The first-order valence-electron chi connectivity index (χ1n) is 13.7. The van der Waals surface area contributed by atoms with E-state index in [1.807, 2.05) is 38.2 Å². The number of nitrogens with one attached hydrogen (secondary N) is 2. The van der Waals surface area contributed by atoms with Gasteiger partial charge in [0.05, 0.1) is 6.20 Å². The van der Waals surface area contributed by atoms with Crippen molar-refractivity contribution in [1.82, 2.24) is 8.46 Å². The fraction of sp³-hybridized carbons (Fsp3) is 0.548. The van der Waals surface area contributed by atoms with Crippen molar-refractivity contribution in [1.29, 1.82) is 0 Å². The van der Waals surface area contributed by atoms with E-state index in [-0.39, 0.29) is 11.9 Å². The number of rotatable bonds is 6. The average Bonchev–Trinajstić information content (AvgIpc) is 3.46. The SMILES string of the molecule is CC(C)(C)C.CCC.CN=C(/C=C(\C)Nc1cc[c]2c(c1F)C[NH][Sb]2[CH3])C1CCC(Oc2cccnc2)C1. The van der Waals surface area contributed by atoms with Crippen molar-refractivity contribution in [2.45, 2.75) is 91.7 Å². The van der Waals surface area contributed by atoms with Crippen molar-refractivity contribution in [2.75, 3.05) is 12.4 Å². The molecule has 5 nitrogen and oxygen atoms in total. The van der Waals surface area contributed by atoms with Crippen LogP contribution in [0.1, 0.15) is 79.7 Å². The molecule has 1 aliphatic heterocycles. The number of hydrogen-bond donors (Lipinski definition) is 2. The molecule has 1 aliphatic carbocycles. The summed E-state index contributed by atoms with van der Waals surface area (Å²) in [5.74, 6) is 1.03. The maximum absolute atomic E-state index is 14.9. The predicted octanol–water partition coefficient (Wildman–Crippen LogP) is 7.26. The Kier molecular flexibility index (Phi) is 13.3. The molecular formula is C31H48FN4OSb. The first kappa shape index (κ1) is 32.3. The zero-order valence-electron chi connectivity index (χ0n) is 24.9. The Balaban J connectivity index is 0.000000559. The van der Waals surface area contributed by atoms with Crippen LogP contribution in [0.3, 0.4) is 0 Å². The number of fused-ring (bicyclic) bond motifs is 1. The van der Waals surface area contributed by atoms with Crippen LogP contribution in [0.5, 0.6) is 5.75 Å². The number of nitrogens with zero attached hydrogens (tertiary/aromatic N) is 2. The van der Waals surface area contributed by atoms with Crippen LogP contribution < -0.4 is 17.0 Å². The minimum atomic E-state index is -1.61. The molecule has 2 aliphatic rings. The fourth-order valence-corrected chi connectivity index (χ4v) is 8.36. The number of hydrogen-bond acceptors (Lipinski definition) is 5. The molecule has 0 amide bonds. The zero-order valence-corrected chi connectivity index (χ0v) is 27.4. The van der Waals surface area contributed by atoms with E-state index in [9.17, 15) is 4.39 Å². The van der Waals surface area contributed by atoms with Gasteiger partial charge in [-0.2, -0.15) is 0 Å². The number of allylic oxidation sites excluding steroid dienone is 2. The molecule has 1 fully saturated rings. The van der Waals surface area contributed by atoms with Crippen molar-refractivity contribution in [2.24, 2.45) is 16.3 Å². The monoisotopic (exact) mass is 632 g/mol. The topological polar surface area (TPSA) is 58.5 Å². The van der Waals surface area contributed by atoms with Crippen LogP contribution in [0, 0.1) is 17.2 Å². The van der Waals surface area contributed by atoms with Crippen molar-refractivity contribution in [3.63, 3.8) is 0 Å². The van der Waals surface area contributed by atoms with E-state index >= 15 is 0 Å². The molecule has 1 aromatic heterocycles. The molecule has 2 N–H and O–H groups in total. The van der Waals surface area contributed by atoms with Gasteiger partial charge in [0.2, 0.25) is 0 Å². The van der Waals surface area contributed by atoms with Crippen LogP contribution in [-0.2, 0) is 6.54 Å². The van der Waals surface area contributed by atoms with Crippen LogP contribution in [0.2, 0.25) is 4.87 Å². The third-order valence-corrected chi connectivity index (χ3v) is 10.8. The van der Waals surface area contributed by atoms with Crippen molar-refractivity contribution < 1.29 is 9.13 Å². The fourth-order valence-electron chi connectivity index (χ4n) is 4.23. The molecule has 1 aromatic carbocycles. The van der Waals surface area contributed by atoms with Crippen molar-refractivity contribution in [3.05, 3.63) is 59.8 Å². The molecule has 0 bridgehead atoms. The van der Waals surface area contributed by atoms with E-state index < -0.39 is 20.5 Å². The maximum atomic E-state index is 14.9. The second-order valence-corrected chi connectivity index (χ2v) is 17.0. The molecule has 0 radical (unpaired) electrons. The standard InChI is InChI=1S/C22H25FN4O.C5H12.C3H8.CH3.Sb/c1-15(27-20-7-3-5-17(13-24)22(20)23)11-21(25-2)16-8-9-18(12-16)28-19-6-4-10-26-14-19;1-5(2,3)4;1-3-2;;/h3-4,6-7,10-11,14,16,18,24,27H,8-9,12-13H2,1-2H3;1-4H3;3H2,1-2H3;1H3;/q-1;;;;+1/b15-11+,25-21?;;;;. The molecule has 0 spiro atoms. The summed E-state index contributed by atoms with van der Waals surface area (Å²) >= 11 is -1.61. The van der Waals surface area contributed by atoms with Crippen LogP contribution in [-0.4, -0.2) is 44.3 Å². The molecule has 7 heteroatoms. The van der Waals surface area contributed by atoms with Gasteiger partial charge in [0.15, 0.2) is 0 Å². The first-order valence-corrected chi connectivity index (χ1v) is 18.8. The Hall–Kier alpha value is -1.91. The Labute approximate surface area is 238 Å². The molecule has 0 saturated heterocycles. The molecular weight excluding hydrogens is 585 g/mol. The van der Waals surface area contributed by atoms with Gasteiger partial charge in [-0.25, -0.2) is 0 Å². The zero-order chi connectivity index (χ0) is 28.3. The second-order valence-electron chi connectivity index (χ2n) is 11.6. The van der Waals surface area contributed by atoms with E-state index in [1.54, 1.807) is 12.4 Å². The number of ether oxygens (including phenoxy) is 1. The summed E-state index contributed by atoms with van der Waals surface area (Å²) in [7, 11) is 1.82. The van der Waals surface area contributed by atoms with E-state index in [4.69, 9.17) is 4.74 Å². The summed E-state index contributed by atoms with van der Waals surface area (Å²) < 4.78 is 25.7. The van der Waals surface area contributed by atoms with Gasteiger partial charge < -0.3 is 0 Å². The third-order valence-electron chi connectivity index (χ3n) is 5.77. The van der Waals surface area contributed by atoms with E-state index in [2.05, 4.69) is 71.2 Å². The van der Waals surface area contributed by atoms with Crippen LogP contribution in [0.4, 0.5) is 10.1 Å². The Morgan fingerprint density at radius 1 is 1.24 bits per heavy atom. The van der Waals surface area contributed by atoms with Gasteiger partial charge >= 0.3 is 150 Å². The first-order chi connectivity index (χ1) is 18.0. The van der Waals surface area contributed by atoms with Gasteiger partial charge in [-0.3, -0.25) is 4.98 Å². The summed E-state index contributed by atoms with van der Waals surface area (Å²) in [6.45, 7) is 15.6. The number of halogens is 1. The number of anilines is 1. The Morgan fingerprint density at radius 2 is 1.92 bits per heavy atom.